The molecule has 1 fully saturated rings. The SMILES string of the molecule is COC(=O)[C@@H](NC(=O)[C@]1(N)CCO[C@@H]1c1ccc(Br)cc1)C(C)C. The van der Waals surface area contributed by atoms with Crippen LogP contribution in [0.5, 0.6) is 0 Å². The van der Waals surface area contributed by atoms with Crippen molar-refractivity contribution >= 4 is 27.8 Å². The molecule has 7 heteroatoms. The number of hydrogen-bond donors (Lipinski definition) is 2. The molecule has 24 heavy (non-hydrogen) atoms. The minimum absolute atomic E-state index is 0.113. The Labute approximate surface area is 150 Å². The van der Waals surface area contributed by atoms with E-state index in [1.165, 1.54) is 7.11 Å². The number of carbonyl (C=O) groups is 2. The van der Waals surface area contributed by atoms with E-state index in [-0.39, 0.29) is 5.92 Å². The van der Waals surface area contributed by atoms with E-state index in [2.05, 4.69) is 21.2 Å². The molecule has 1 saturated heterocycles. The van der Waals surface area contributed by atoms with Crippen LogP contribution >= 0.6 is 15.9 Å². The largest absolute Gasteiger partial charge is 0.467 e. The standard InChI is InChI=1S/C17H23BrN2O4/c1-10(2)13(15(21)23-3)20-16(22)17(19)8-9-24-14(17)11-4-6-12(18)7-5-11/h4-7,10,13-14H,8-9,19H2,1-3H3,(H,20,22)/t13-,14+,17-/m0/s1. The van der Waals surface area contributed by atoms with Gasteiger partial charge < -0.3 is 20.5 Å². The fraction of sp³-hybridized carbons (Fsp3) is 0.529. The zero-order valence-electron chi connectivity index (χ0n) is 14.0. The van der Waals surface area contributed by atoms with E-state index in [9.17, 15) is 9.59 Å². The first kappa shape index (κ1) is 18.9. The second-order valence-corrected chi connectivity index (χ2v) is 7.23. The molecule has 6 nitrogen and oxygen atoms in total. The zero-order valence-corrected chi connectivity index (χ0v) is 15.6. The summed E-state index contributed by atoms with van der Waals surface area (Å²) in [6, 6.07) is 6.75. The molecule has 1 aromatic rings. The van der Waals surface area contributed by atoms with Crippen LogP contribution in [0.25, 0.3) is 0 Å². The molecule has 0 aromatic heterocycles. The van der Waals surface area contributed by atoms with Gasteiger partial charge in [-0.15, -0.1) is 0 Å². The van der Waals surface area contributed by atoms with Crippen LogP contribution in [-0.2, 0) is 19.1 Å². The molecule has 1 amide bonds. The average Bonchev–Trinajstić information content (AvgIpc) is 2.95. The Balaban J connectivity index is 2.22. The van der Waals surface area contributed by atoms with Gasteiger partial charge in [-0.25, -0.2) is 4.79 Å². The summed E-state index contributed by atoms with van der Waals surface area (Å²) in [4.78, 5) is 24.7. The number of rotatable bonds is 5. The molecule has 1 aromatic carbocycles. The van der Waals surface area contributed by atoms with Crippen LogP contribution in [0.1, 0.15) is 31.9 Å². The van der Waals surface area contributed by atoms with Gasteiger partial charge in [-0.05, 0) is 23.6 Å². The Hall–Kier alpha value is -1.44. The van der Waals surface area contributed by atoms with Crippen molar-refractivity contribution in [2.75, 3.05) is 13.7 Å². The van der Waals surface area contributed by atoms with E-state index in [1.54, 1.807) is 0 Å². The molecule has 132 valence electrons. The molecule has 2 rings (SSSR count). The van der Waals surface area contributed by atoms with Crippen LogP contribution in [0.4, 0.5) is 0 Å². The van der Waals surface area contributed by atoms with Gasteiger partial charge in [0.15, 0.2) is 0 Å². The first-order valence-corrected chi connectivity index (χ1v) is 8.63. The summed E-state index contributed by atoms with van der Waals surface area (Å²) in [7, 11) is 1.30. The quantitative estimate of drug-likeness (QED) is 0.739. The van der Waals surface area contributed by atoms with Crippen molar-refractivity contribution in [2.45, 2.75) is 38.0 Å². The van der Waals surface area contributed by atoms with Crippen LogP contribution in [0.2, 0.25) is 0 Å². The third-order valence-electron chi connectivity index (χ3n) is 4.27. The van der Waals surface area contributed by atoms with Gasteiger partial charge in [-0.1, -0.05) is 41.9 Å². The van der Waals surface area contributed by atoms with E-state index in [0.717, 1.165) is 10.0 Å². The zero-order chi connectivity index (χ0) is 17.9. The summed E-state index contributed by atoms with van der Waals surface area (Å²) in [5, 5.41) is 2.73. The molecule has 0 bridgehead atoms. The molecular formula is C17H23BrN2O4. The summed E-state index contributed by atoms with van der Waals surface area (Å²) < 4.78 is 11.4. The summed E-state index contributed by atoms with van der Waals surface area (Å²) in [6.45, 7) is 4.06. The van der Waals surface area contributed by atoms with Crippen LogP contribution in [-0.4, -0.2) is 37.2 Å². The van der Waals surface area contributed by atoms with Gasteiger partial charge in [0, 0.05) is 17.5 Å². The first-order valence-electron chi connectivity index (χ1n) is 7.84. The first-order chi connectivity index (χ1) is 11.3. The van der Waals surface area contributed by atoms with Crippen molar-refractivity contribution in [3.63, 3.8) is 0 Å². The summed E-state index contributed by atoms with van der Waals surface area (Å²) >= 11 is 3.38. The molecule has 0 aliphatic carbocycles. The lowest BCUT2D eigenvalue weighted by Gasteiger charge is -2.31. The lowest BCUT2D eigenvalue weighted by Crippen LogP contribution is -2.59. The summed E-state index contributed by atoms with van der Waals surface area (Å²) in [5.41, 5.74) is 6.01. The van der Waals surface area contributed by atoms with Crippen molar-refractivity contribution in [3.8, 4) is 0 Å². The number of nitrogens with two attached hydrogens (primary N) is 1. The van der Waals surface area contributed by atoms with Crippen LogP contribution in [0, 0.1) is 5.92 Å². The van der Waals surface area contributed by atoms with Gasteiger partial charge in [-0.2, -0.15) is 0 Å². The van der Waals surface area contributed by atoms with E-state index in [1.807, 2.05) is 38.1 Å². The Morgan fingerprint density at radius 1 is 1.38 bits per heavy atom. The smallest absolute Gasteiger partial charge is 0.328 e. The van der Waals surface area contributed by atoms with Gasteiger partial charge in [0.2, 0.25) is 5.91 Å². The lowest BCUT2D eigenvalue weighted by atomic mass is 9.86. The fourth-order valence-corrected chi connectivity index (χ4v) is 3.05. The van der Waals surface area contributed by atoms with E-state index in [4.69, 9.17) is 15.2 Å². The number of benzene rings is 1. The number of ether oxygens (including phenoxy) is 2. The van der Waals surface area contributed by atoms with Gasteiger partial charge >= 0.3 is 5.97 Å². The van der Waals surface area contributed by atoms with Gasteiger partial charge in [0.25, 0.3) is 0 Å². The van der Waals surface area contributed by atoms with Gasteiger partial charge in [0.1, 0.15) is 17.7 Å². The Morgan fingerprint density at radius 2 is 2.00 bits per heavy atom. The normalized spacial score (nSPS) is 24.7. The Bertz CT molecular complexity index is 605. The third-order valence-corrected chi connectivity index (χ3v) is 4.80. The summed E-state index contributed by atoms with van der Waals surface area (Å²) in [5.74, 6) is -1.00. The molecule has 0 radical (unpaired) electrons. The lowest BCUT2D eigenvalue weighted by molar-refractivity contribution is -0.147. The topological polar surface area (TPSA) is 90.7 Å². The number of carbonyl (C=O) groups excluding carboxylic acids is 2. The minimum Gasteiger partial charge on any atom is -0.467 e. The van der Waals surface area contributed by atoms with Crippen molar-refractivity contribution in [1.29, 1.82) is 0 Å². The summed E-state index contributed by atoms with van der Waals surface area (Å²) in [6.07, 6.45) is -0.179. The molecule has 1 heterocycles. The number of hydrogen-bond acceptors (Lipinski definition) is 5. The number of amides is 1. The maximum atomic E-state index is 12.8. The number of methoxy groups -OCH3 is 1. The number of halogens is 1. The van der Waals surface area contributed by atoms with Crippen molar-refractivity contribution < 1.29 is 19.1 Å². The van der Waals surface area contributed by atoms with E-state index in [0.29, 0.717) is 13.0 Å². The predicted octanol–water partition coefficient (Wildman–Crippen LogP) is 1.92. The highest BCUT2D eigenvalue weighted by Crippen LogP contribution is 2.37. The highest BCUT2D eigenvalue weighted by Gasteiger charge is 2.49. The molecule has 3 atom stereocenters. The second-order valence-electron chi connectivity index (χ2n) is 6.31. The van der Waals surface area contributed by atoms with Gasteiger partial charge in [-0.3, -0.25) is 4.79 Å². The van der Waals surface area contributed by atoms with Crippen molar-refractivity contribution in [3.05, 3.63) is 34.3 Å². The maximum absolute atomic E-state index is 12.8. The Morgan fingerprint density at radius 3 is 2.54 bits per heavy atom. The van der Waals surface area contributed by atoms with Crippen LogP contribution < -0.4 is 11.1 Å². The molecule has 0 saturated carbocycles. The highest BCUT2D eigenvalue weighted by molar-refractivity contribution is 9.10. The minimum atomic E-state index is -1.23. The third kappa shape index (κ3) is 3.79. The van der Waals surface area contributed by atoms with Crippen LogP contribution in [0.15, 0.2) is 28.7 Å². The molecule has 1 aliphatic heterocycles. The fourth-order valence-electron chi connectivity index (χ4n) is 2.79. The maximum Gasteiger partial charge on any atom is 0.328 e. The van der Waals surface area contributed by atoms with Crippen LogP contribution in [0.3, 0.4) is 0 Å². The van der Waals surface area contributed by atoms with Crippen molar-refractivity contribution in [2.24, 2.45) is 11.7 Å². The predicted molar refractivity (Wildman–Crippen MR) is 93.2 cm³/mol. The molecule has 0 unspecified atom stereocenters. The second kappa shape index (κ2) is 7.63. The van der Waals surface area contributed by atoms with Gasteiger partial charge in [0.05, 0.1) is 7.11 Å². The van der Waals surface area contributed by atoms with E-state index >= 15 is 0 Å². The highest BCUT2D eigenvalue weighted by atomic mass is 79.9. The molecule has 1 aliphatic rings. The average molecular weight is 399 g/mol. The Kier molecular flexibility index (Phi) is 6.01. The van der Waals surface area contributed by atoms with E-state index < -0.39 is 29.6 Å². The number of esters is 1. The van der Waals surface area contributed by atoms with Crippen molar-refractivity contribution in [1.82, 2.24) is 5.32 Å². The molecule has 3 N–H and O–H groups in total. The monoisotopic (exact) mass is 398 g/mol. The number of nitrogens with one attached hydrogen (secondary N) is 1. The molecule has 0 spiro atoms. The molecular weight excluding hydrogens is 376 g/mol.